The Morgan fingerprint density at radius 2 is 1.77 bits per heavy atom. The number of allylic oxidation sites excluding steroid dienone is 1. The van der Waals surface area contributed by atoms with Crippen molar-refractivity contribution >= 4 is 5.97 Å². The maximum Gasteiger partial charge on any atom is 0.0642 e. The first kappa shape index (κ1) is 8.05. The number of carbonyl (C=O) groups is 1. The summed E-state index contributed by atoms with van der Waals surface area (Å²) < 4.78 is 0. The summed E-state index contributed by atoms with van der Waals surface area (Å²) in [6.07, 6.45) is 2.72. The topological polar surface area (TPSA) is 40.1 Å². The van der Waals surface area contributed by atoms with Gasteiger partial charge in [0.15, 0.2) is 0 Å². The molecule has 0 aromatic heterocycles. The summed E-state index contributed by atoms with van der Waals surface area (Å²) in [5.74, 6) is -1.09. The SMILES string of the molecule is O=C([O-])C=C1Cc2ccccc2C1. The number of carbonyl (C=O) groups excluding carboxylic acids is 1. The molecule has 2 nitrogen and oxygen atoms in total. The Balaban J connectivity index is 2.28. The molecule has 1 aliphatic carbocycles. The maximum absolute atomic E-state index is 10.3. The molecule has 0 unspecified atom stereocenters. The van der Waals surface area contributed by atoms with E-state index in [1.807, 2.05) is 24.3 Å². The lowest BCUT2D eigenvalue weighted by Gasteiger charge is -1.95. The minimum absolute atomic E-state index is 0.754. The zero-order valence-corrected chi connectivity index (χ0v) is 7.12. The van der Waals surface area contributed by atoms with Crippen molar-refractivity contribution < 1.29 is 9.90 Å². The highest BCUT2D eigenvalue weighted by Gasteiger charge is 2.13. The van der Waals surface area contributed by atoms with Crippen LogP contribution in [0.25, 0.3) is 0 Å². The van der Waals surface area contributed by atoms with Crippen molar-refractivity contribution in [2.45, 2.75) is 12.8 Å². The van der Waals surface area contributed by atoms with E-state index < -0.39 is 5.97 Å². The van der Waals surface area contributed by atoms with Crippen LogP contribution < -0.4 is 5.11 Å². The van der Waals surface area contributed by atoms with Gasteiger partial charge in [0.05, 0.1) is 5.97 Å². The van der Waals surface area contributed by atoms with E-state index in [-0.39, 0.29) is 0 Å². The second-order valence-electron chi connectivity index (χ2n) is 3.24. The second-order valence-corrected chi connectivity index (χ2v) is 3.24. The number of carboxylic acid groups (broad SMARTS) is 1. The smallest absolute Gasteiger partial charge is 0.0642 e. The third kappa shape index (κ3) is 1.61. The molecule has 66 valence electrons. The zero-order valence-electron chi connectivity index (χ0n) is 7.12. The van der Waals surface area contributed by atoms with E-state index in [1.54, 1.807) is 0 Å². The molecule has 0 amide bonds. The molecule has 1 aromatic carbocycles. The maximum atomic E-state index is 10.3. The lowest BCUT2D eigenvalue weighted by molar-refractivity contribution is -0.297. The predicted octanol–water partition coefficient (Wildman–Crippen LogP) is 0.461. The number of carboxylic acids is 1. The molecule has 0 N–H and O–H groups in total. The van der Waals surface area contributed by atoms with Crippen LogP contribution in [0.2, 0.25) is 0 Å². The van der Waals surface area contributed by atoms with Gasteiger partial charge in [0.1, 0.15) is 0 Å². The number of aliphatic carboxylic acids is 1. The Morgan fingerprint density at radius 1 is 1.23 bits per heavy atom. The number of hydrogen-bond acceptors (Lipinski definition) is 2. The highest BCUT2D eigenvalue weighted by molar-refractivity contribution is 5.79. The fourth-order valence-electron chi connectivity index (χ4n) is 1.72. The van der Waals surface area contributed by atoms with Crippen LogP contribution in [0, 0.1) is 0 Å². The molecule has 0 saturated carbocycles. The summed E-state index contributed by atoms with van der Waals surface area (Å²) in [7, 11) is 0. The number of fused-ring (bicyclic) bond motifs is 1. The van der Waals surface area contributed by atoms with Gasteiger partial charge in [0, 0.05) is 0 Å². The molecule has 0 radical (unpaired) electrons. The third-order valence-electron chi connectivity index (χ3n) is 2.28. The van der Waals surface area contributed by atoms with Crippen LogP contribution in [0.5, 0.6) is 0 Å². The van der Waals surface area contributed by atoms with Crippen LogP contribution in [-0.2, 0) is 17.6 Å². The van der Waals surface area contributed by atoms with Gasteiger partial charge in [0.25, 0.3) is 0 Å². The standard InChI is InChI=1S/C11H10O2/c12-11(13)7-8-5-9-3-1-2-4-10(9)6-8/h1-4,7H,5-6H2,(H,12,13)/p-1. The van der Waals surface area contributed by atoms with Crippen molar-refractivity contribution in [1.82, 2.24) is 0 Å². The van der Waals surface area contributed by atoms with E-state index in [9.17, 15) is 9.90 Å². The van der Waals surface area contributed by atoms with Gasteiger partial charge in [-0.25, -0.2) is 0 Å². The van der Waals surface area contributed by atoms with Gasteiger partial charge in [-0.15, -0.1) is 0 Å². The molecular weight excluding hydrogens is 164 g/mol. The predicted molar refractivity (Wildman–Crippen MR) is 46.9 cm³/mol. The first-order valence-electron chi connectivity index (χ1n) is 4.23. The highest BCUT2D eigenvalue weighted by atomic mass is 16.4. The molecule has 1 aromatic rings. The summed E-state index contributed by atoms with van der Waals surface area (Å²) in [6.45, 7) is 0. The number of rotatable bonds is 1. The first-order chi connectivity index (χ1) is 6.25. The lowest BCUT2D eigenvalue weighted by atomic mass is 10.1. The van der Waals surface area contributed by atoms with Gasteiger partial charge in [-0.2, -0.15) is 0 Å². The van der Waals surface area contributed by atoms with Gasteiger partial charge >= 0.3 is 0 Å². The van der Waals surface area contributed by atoms with Gasteiger partial charge in [-0.05, 0) is 30.0 Å². The quantitative estimate of drug-likeness (QED) is 0.579. The number of benzene rings is 1. The fourth-order valence-corrected chi connectivity index (χ4v) is 1.72. The highest BCUT2D eigenvalue weighted by Crippen LogP contribution is 2.25. The molecule has 1 aliphatic rings. The van der Waals surface area contributed by atoms with Gasteiger partial charge in [-0.3, -0.25) is 0 Å². The molecule has 2 rings (SSSR count). The molecule has 0 saturated heterocycles. The Labute approximate surface area is 76.5 Å². The summed E-state index contributed by atoms with van der Waals surface area (Å²) >= 11 is 0. The Morgan fingerprint density at radius 3 is 2.23 bits per heavy atom. The Bertz CT molecular complexity index is 350. The monoisotopic (exact) mass is 173 g/mol. The normalized spacial score (nSPS) is 14.0. The lowest BCUT2D eigenvalue weighted by Crippen LogP contribution is -2.19. The second kappa shape index (κ2) is 3.05. The summed E-state index contributed by atoms with van der Waals surface area (Å²) in [5, 5.41) is 10.3. The van der Waals surface area contributed by atoms with Crippen LogP contribution in [0.1, 0.15) is 11.1 Å². The molecular formula is C11H9O2-. The zero-order chi connectivity index (χ0) is 9.26. The Hall–Kier alpha value is -1.57. The van der Waals surface area contributed by atoms with E-state index in [4.69, 9.17) is 0 Å². The van der Waals surface area contributed by atoms with Gasteiger partial charge in [-0.1, -0.05) is 29.8 Å². The van der Waals surface area contributed by atoms with Crippen molar-refractivity contribution in [3.8, 4) is 0 Å². The summed E-state index contributed by atoms with van der Waals surface area (Å²) in [4.78, 5) is 10.3. The molecule has 13 heavy (non-hydrogen) atoms. The van der Waals surface area contributed by atoms with E-state index in [2.05, 4.69) is 0 Å². The van der Waals surface area contributed by atoms with Crippen LogP contribution in [0.15, 0.2) is 35.9 Å². The van der Waals surface area contributed by atoms with E-state index in [0.717, 1.165) is 18.4 Å². The van der Waals surface area contributed by atoms with E-state index in [1.165, 1.54) is 17.2 Å². The molecule has 0 spiro atoms. The molecule has 0 heterocycles. The van der Waals surface area contributed by atoms with Crippen LogP contribution in [0.3, 0.4) is 0 Å². The van der Waals surface area contributed by atoms with Crippen LogP contribution in [0.4, 0.5) is 0 Å². The first-order valence-corrected chi connectivity index (χ1v) is 4.23. The largest absolute Gasteiger partial charge is 0.545 e. The van der Waals surface area contributed by atoms with E-state index in [0.29, 0.717) is 0 Å². The molecule has 0 atom stereocenters. The number of hydrogen-bond donors (Lipinski definition) is 0. The minimum atomic E-state index is -1.09. The fraction of sp³-hybridized carbons (Fsp3) is 0.182. The van der Waals surface area contributed by atoms with Crippen molar-refractivity contribution in [2.24, 2.45) is 0 Å². The molecule has 2 heteroatoms. The van der Waals surface area contributed by atoms with Crippen LogP contribution in [-0.4, -0.2) is 5.97 Å². The average Bonchev–Trinajstić information content (AvgIpc) is 2.44. The van der Waals surface area contributed by atoms with Crippen molar-refractivity contribution in [1.29, 1.82) is 0 Å². The van der Waals surface area contributed by atoms with Gasteiger partial charge < -0.3 is 9.90 Å². The third-order valence-corrected chi connectivity index (χ3v) is 2.28. The average molecular weight is 173 g/mol. The van der Waals surface area contributed by atoms with E-state index >= 15 is 0 Å². The Kier molecular flexibility index (Phi) is 1.89. The molecule has 0 fully saturated rings. The molecule has 0 bridgehead atoms. The van der Waals surface area contributed by atoms with Gasteiger partial charge in [0.2, 0.25) is 0 Å². The van der Waals surface area contributed by atoms with Crippen molar-refractivity contribution in [3.63, 3.8) is 0 Å². The molecule has 0 aliphatic heterocycles. The summed E-state index contributed by atoms with van der Waals surface area (Å²) in [6, 6.07) is 8.01. The minimum Gasteiger partial charge on any atom is -0.545 e. The summed E-state index contributed by atoms with van der Waals surface area (Å²) in [5.41, 5.74) is 3.39. The van der Waals surface area contributed by atoms with Crippen molar-refractivity contribution in [2.75, 3.05) is 0 Å². The van der Waals surface area contributed by atoms with Crippen LogP contribution >= 0.6 is 0 Å². The van der Waals surface area contributed by atoms with Crippen molar-refractivity contribution in [3.05, 3.63) is 47.0 Å².